The highest BCUT2D eigenvalue weighted by atomic mass is 16.5. The Morgan fingerprint density at radius 2 is 2.42 bits per heavy atom. The van der Waals surface area contributed by atoms with E-state index in [1.807, 2.05) is 24.3 Å². The highest BCUT2D eigenvalue weighted by Crippen LogP contribution is 2.13. The van der Waals surface area contributed by atoms with Crippen LogP contribution in [0.4, 0.5) is 10.5 Å². The molecule has 1 saturated heterocycles. The monoisotopic (exact) mass is 263 g/mol. The first-order chi connectivity index (χ1) is 9.22. The van der Waals surface area contributed by atoms with Crippen molar-refractivity contribution in [1.82, 2.24) is 4.90 Å². The molecule has 3 N–H and O–H groups in total. The number of ether oxygens (including phenoxy) is 1. The third kappa shape index (κ3) is 3.68. The molecule has 1 aliphatic heterocycles. The molecule has 1 aromatic carbocycles. The number of hydrogen-bond donors (Lipinski definition) is 2. The van der Waals surface area contributed by atoms with E-state index in [4.69, 9.17) is 10.5 Å². The van der Waals surface area contributed by atoms with Crippen LogP contribution in [0.3, 0.4) is 0 Å². The summed E-state index contributed by atoms with van der Waals surface area (Å²) in [6.45, 7) is 4.43. The minimum Gasteiger partial charge on any atom is -0.375 e. The van der Waals surface area contributed by atoms with Crippen LogP contribution in [-0.4, -0.2) is 36.7 Å². The zero-order valence-corrected chi connectivity index (χ0v) is 11.3. The zero-order valence-electron chi connectivity index (χ0n) is 11.3. The molecule has 1 unspecified atom stereocenters. The molecule has 0 saturated carbocycles. The van der Waals surface area contributed by atoms with Crippen LogP contribution in [0, 0.1) is 0 Å². The third-order valence-electron chi connectivity index (χ3n) is 3.30. The Bertz CT molecular complexity index is 436. The molecular weight excluding hydrogens is 242 g/mol. The Hall–Kier alpha value is -1.59. The van der Waals surface area contributed by atoms with Gasteiger partial charge in [-0.15, -0.1) is 0 Å². The standard InChI is InChI=1S/C14H21N3O2/c1-2-13-10-17(6-7-19-13)14(18)16-12-5-3-4-11(8-12)9-15/h3-5,8,13H,2,6-7,9-10,15H2,1H3,(H,16,18). The van der Waals surface area contributed by atoms with Gasteiger partial charge in [0.2, 0.25) is 0 Å². The summed E-state index contributed by atoms with van der Waals surface area (Å²) in [5, 5.41) is 2.91. The number of anilines is 1. The molecule has 1 heterocycles. The molecule has 0 spiro atoms. The van der Waals surface area contributed by atoms with E-state index in [9.17, 15) is 4.79 Å². The molecule has 0 bridgehead atoms. The Morgan fingerprint density at radius 3 is 3.16 bits per heavy atom. The molecule has 2 amide bonds. The maximum Gasteiger partial charge on any atom is 0.322 e. The van der Waals surface area contributed by atoms with Gasteiger partial charge in [0.25, 0.3) is 0 Å². The zero-order chi connectivity index (χ0) is 13.7. The molecule has 19 heavy (non-hydrogen) atoms. The van der Waals surface area contributed by atoms with Gasteiger partial charge in [-0.3, -0.25) is 0 Å². The van der Waals surface area contributed by atoms with E-state index in [0.29, 0.717) is 26.2 Å². The summed E-state index contributed by atoms with van der Waals surface area (Å²) in [7, 11) is 0. The van der Waals surface area contributed by atoms with Crippen molar-refractivity contribution in [2.45, 2.75) is 26.0 Å². The largest absolute Gasteiger partial charge is 0.375 e. The number of amides is 2. The fourth-order valence-corrected chi connectivity index (χ4v) is 2.13. The van der Waals surface area contributed by atoms with E-state index in [0.717, 1.165) is 17.7 Å². The lowest BCUT2D eigenvalue weighted by molar-refractivity contribution is -0.0134. The summed E-state index contributed by atoms with van der Waals surface area (Å²) in [6, 6.07) is 7.53. The minimum absolute atomic E-state index is 0.0732. The maximum atomic E-state index is 12.2. The summed E-state index contributed by atoms with van der Waals surface area (Å²) in [6.07, 6.45) is 1.07. The Balaban J connectivity index is 1.96. The molecule has 5 heteroatoms. The van der Waals surface area contributed by atoms with Crippen LogP contribution in [0.2, 0.25) is 0 Å². The number of nitrogens with two attached hydrogens (primary N) is 1. The van der Waals surface area contributed by atoms with Crippen LogP contribution in [0.15, 0.2) is 24.3 Å². The Morgan fingerprint density at radius 1 is 1.58 bits per heavy atom. The molecule has 1 atom stereocenters. The molecule has 0 aromatic heterocycles. The fraction of sp³-hybridized carbons (Fsp3) is 0.500. The summed E-state index contributed by atoms with van der Waals surface area (Å²) < 4.78 is 5.56. The van der Waals surface area contributed by atoms with Crippen LogP contribution >= 0.6 is 0 Å². The maximum absolute atomic E-state index is 12.2. The molecule has 5 nitrogen and oxygen atoms in total. The SMILES string of the molecule is CCC1CN(C(=O)Nc2cccc(CN)c2)CCO1. The van der Waals surface area contributed by atoms with Crippen LogP contribution in [0.5, 0.6) is 0 Å². The van der Waals surface area contributed by atoms with E-state index in [1.165, 1.54) is 0 Å². The molecule has 1 aliphatic rings. The third-order valence-corrected chi connectivity index (χ3v) is 3.30. The van der Waals surface area contributed by atoms with E-state index in [-0.39, 0.29) is 12.1 Å². The highest BCUT2D eigenvalue weighted by molar-refractivity contribution is 5.89. The van der Waals surface area contributed by atoms with Gasteiger partial charge >= 0.3 is 6.03 Å². The van der Waals surface area contributed by atoms with Crippen molar-refractivity contribution >= 4 is 11.7 Å². The second-order valence-corrected chi connectivity index (χ2v) is 4.68. The van der Waals surface area contributed by atoms with E-state index < -0.39 is 0 Å². The average molecular weight is 263 g/mol. The lowest BCUT2D eigenvalue weighted by atomic mass is 10.2. The average Bonchev–Trinajstić information content (AvgIpc) is 2.47. The van der Waals surface area contributed by atoms with Crippen LogP contribution < -0.4 is 11.1 Å². The first kappa shape index (κ1) is 13.8. The van der Waals surface area contributed by atoms with Crippen molar-refractivity contribution in [2.24, 2.45) is 5.73 Å². The van der Waals surface area contributed by atoms with Gasteiger partial charge in [-0.25, -0.2) is 4.79 Å². The molecule has 0 radical (unpaired) electrons. The van der Waals surface area contributed by atoms with Crippen molar-refractivity contribution in [3.05, 3.63) is 29.8 Å². The predicted octanol–water partition coefficient (Wildman–Crippen LogP) is 1.79. The number of carbonyl (C=O) groups is 1. The van der Waals surface area contributed by atoms with E-state index in [1.54, 1.807) is 4.90 Å². The van der Waals surface area contributed by atoms with Crippen LogP contribution in [0.1, 0.15) is 18.9 Å². The number of nitrogens with zero attached hydrogens (tertiary/aromatic N) is 1. The Kier molecular flexibility index (Phi) is 4.76. The molecule has 104 valence electrons. The molecule has 2 rings (SSSR count). The number of nitrogens with one attached hydrogen (secondary N) is 1. The predicted molar refractivity (Wildman–Crippen MR) is 75.0 cm³/mol. The van der Waals surface area contributed by atoms with Crippen molar-refractivity contribution in [3.8, 4) is 0 Å². The number of urea groups is 1. The van der Waals surface area contributed by atoms with Gasteiger partial charge in [-0.1, -0.05) is 19.1 Å². The number of benzene rings is 1. The van der Waals surface area contributed by atoms with Gasteiger partial charge < -0.3 is 20.7 Å². The van der Waals surface area contributed by atoms with E-state index >= 15 is 0 Å². The fourth-order valence-electron chi connectivity index (χ4n) is 2.13. The second-order valence-electron chi connectivity index (χ2n) is 4.68. The first-order valence-corrected chi connectivity index (χ1v) is 6.69. The number of carbonyl (C=O) groups excluding carboxylic acids is 1. The molecule has 1 aromatic rings. The van der Waals surface area contributed by atoms with Crippen LogP contribution in [-0.2, 0) is 11.3 Å². The Labute approximate surface area is 113 Å². The smallest absolute Gasteiger partial charge is 0.322 e. The van der Waals surface area contributed by atoms with Crippen molar-refractivity contribution in [2.75, 3.05) is 25.0 Å². The first-order valence-electron chi connectivity index (χ1n) is 6.69. The summed E-state index contributed by atoms with van der Waals surface area (Å²) in [5.41, 5.74) is 7.38. The summed E-state index contributed by atoms with van der Waals surface area (Å²) >= 11 is 0. The van der Waals surface area contributed by atoms with Crippen LogP contribution in [0.25, 0.3) is 0 Å². The van der Waals surface area contributed by atoms with Crippen molar-refractivity contribution in [3.63, 3.8) is 0 Å². The highest BCUT2D eigenvalue weighted by Gasteiger charge is 2.22. The molecule has 1 fully saturated rings. The number of rotatable bonds is 3. The lowest BCUT2D eigenvalue weighted by Gasteiger charge is -2.32. The number of morpholine rings is 1. The number of hydrogen-bond acceptors (Lipinski definition) is 3. The summed E-state index contributed by atoms with van der Waals surface area (Å²) in [4.78, 5) is 14.0. The van der Waals surface area contributed by atoms with Gasteiger partial charge in [-0.05, 0) is 24.1 Å². The van der Waals surface area contributed by atoms with Crippen molar-refractivity contribution < 1.29 is 9.53 Å². The normalized spacial score (nSPS) is 19.3. The van der Waals surface area contributed by atoms with Gasteiger partial charge in [0, 0.05) is 25.3 Å². The quantitative estimate of drug-likeness (QED) is 0.873. The van der Waals surface area contributed by atoms with Gasteiger partial charge in [0.1, 0.15) is 0 Å². The van der Waals surface area contributed by atoms with E-state index in [2.05, 4.69) is 12.2 Å². The topological polar surface area (TPSA) is 67.6 Å². The lowest BCUT2D eigenvalue weighted by Crippen LogP contribution is -2.47. The molecule has 0 aliphatic carbocycles. The summed E-state index contributed by atoms with van der Waals surface area (Å²) in [5.74, 6) is 0. The van der Waals surface area contributed by atoms with Gasteiger partial charge in [0.15, 0.2) is 0 Å². The van der Waals surface area contributed by atoms with Gasteiger partial charge in [0.05, 0.1) is 12.7 Å². The minimum atomic E-state index is -0.0732. The second kappa shape index (κ2) is 6.54. The van der Waals surface area contributed by atoms with Gasteiger partial charge in [-0.2, -0.15) is 0 Å². The van der Waals surface area contributed by atoms with Crippen molar-refractivity contribution in [1.29, 1.82) is 0 Å². The molecular formula is C14H21N3O2.